The summed E-state index contributed by atoms with van der Waals surface area (Å²) in [4.78, 5) is 24.2. The highest BCUT2D eigenvalue weighted by molar-refractivity contribution is 5.93. The highest BCUT2D eigenvalue weighted by Crippen LogP contribution is 2.17. The number of nitrogens with zero attached hydrogens (tertiary/aromatic N) is 2. The van der Waals surface area contributed by atoms with Gasteiger partial charge >= 0.3 is 6.09 Å². The fourth-order valence-corrected chi connectivity index (χ4v) is 1.88. The third-order valence-electron chi connectivity index (χ3n) is 3.73. The van der Waals surface area contributed by atoms with E-state index in [1.54, 1.807) is 40.1 Å². The molecule has 0 aliphatic heterocycles. The number of aryl methyl sites for hydroxylation is 1. The summed E-state index contributed by atoms with van der Waals surface area (Å²) < 4.78 is 6.74. The van der Waals surface area contributed by atoms with Gasteiger partial charge in [-0.25, -0.2) is 4.79 Å². The molecule has 0 unspecified atom stereocenters. The van der Waals surface area contributed by atoms with Crippen LogP contribution >= 0.6 is 0 Å². The fraction of sp³-hybridized carbons (Fsp3) is 0.688. The molecule has 0 aliphatic rings. The van der Waals surface area contributed by atoms with Crippen molar-refractivity contribution >= 4 is 12.0 Å². The van der Waals surface area contributed by atoms with Crippen molar-refractivity contribution < 1.29 is 14.3 Å². The topological polar surface area (TPSA) is 85.2 Å². The van der Waals surface area contributed by atoms with E-state index < -0.39 is 17.2 Å². The predicted molar refractivity (Wildman–Crippen MR) is 88.2 cm³/mol. The molecule has 0 radical (unpaired) electrons. The Labute approximate surface area is 137 Å². The first kappa shape index (κ1) is 19.0. The molecule has 0 fully saturated rings. The molecule has 1 atom stereocenters. The normalized spacial score (nSPS) is 14.3. The Hall–Kier alpha value is -2.05. The third-order valence-corrected chi connectivity index (χ3v) is 3.73. The number of amides is 2. The predicted octanol–water partition coefficient (Wildman–Crippen LogP) is 2.09. The van der Waals surface area contributed by atoms with E-state index in [2.05, 4.69) is 15.7 Å². The minimum absolute atomic E-state index is 0.106. The van der Waals surface area contributed by atoms with Crippen LogP contribution in [0.2, 0.25) is 0 Å². The summed E-state index contributed by atoms with van der Waals surface area (Å²) >= 11 is 0. The van der Waals surface area contributed by atoms with Gasteiger partial charge in [-0.1, -0.05) is 13.8 Å². The van der Waals surface area contributed by atoms with Crippen LogP contribution < -0.4 is 10.6 Å². The summed E-state index contributed by atoms with van der Waals surface area (Å²) in [6.45, 7) is 11.5. The maximum atomic E-state index is 12.4. The number of nitrogens with one attached hydrogen (secondary N) is 2. The molecule has 130 valence electrons. The van der Waals surface area contributed by atoms with Crippen molar-refractivity contribution in [1.82, 2.24) is 20.4 Å². The lowest BCUT2D eigenvalue weighted by atomic mass is 9.88. The van der Waals surface area contributed by atoms with Crippen molar-refractivity contribution in [1.29, 1.82) is 0 Å². The van der Waals surface area contributed by atoms with Crippen LogP contribution in [0.5, 0.6) is 0 Å². The molecule has 0 aromatic carbocycles. The summed E-state index contributed by atoms with van der Waals surface area (Å²) in [6.07, 6.45) is 1.07. The summed E-state index contributed by atoms with van der Waals surface area (Å²) in [6, 6.07) is 1.65. The minimum Gasteiger partial charge on any atom is -0.444 e. The van der Waals surface area contributed by atoms with Gasteiger partial charge in [0.2, 0.25) is 0 Å². The van der Waals surface area contributed by atoms with Gasteiger partial charge in [0.15, 0.2) is 0 Å². The Morgan fingerprint density at radius 1 is 1.30 bits per heavy atom. The molecule has 0 saturated carbocycles. The highest BCUT2D eigenvalue weighted by atomic mass is 16.6. The van der Waals surface area contributed by atoms with Crippen molar-refractivity contribution in [2.45, 2.75) is 52.7 Å². The Bertz CT molecular complexity index is 560. The highest BCUT2D eigenvalue weighted by Gasteiger charge is 2.32. The first-order valence-corrected chi connectivity index (χ1v) is 7.72. The number of alkyl carbamates (subject to hydrolysis) is 1. The molecule has 2 N–H and O–H groups in total. The van der Waals surface area contributed by atoms with Gasteiger partial charge in [0.05, 0.1) is 5.54 Å². The molecule has 0 saturated heterocycles. The second-order valence-electron chi connectivity index (χ2n) is 7.22. The van der Waals surface area contributed by atoms with E-state index in [0.29, 0.717) is 5.69 Å². The van der Waals surface area contributed by atoms with Gasteiger partial charge in [-0.15, -0.1) is 0 Å². The SMILES string of the molecule is CC(C)[C@@](C)(CNC(=O)OC(C)(C)C)NC(=O)c1ccnn1C. The molecular weight excluding hydrogens is 296 g/mol. The largest absolute Gasteiger partial charge is 0.444 e. The Balaban J connectivity index is 2.74. The van der Waals surface area contributed by atoms with Crippen LogP contribution in [-0.2, 0) is 11.8 Å². The van der Waals surface area contributed by atoms with E-state index in [9.17, 15) is 9.59 Å². The van der Waals surface area contributed by atoms with Gasteiger partial charge < -0.3 is 15.4 Å². The monoisotopic (exact) mass is 324 g/mol. The van der Waals surface area contributed by atoms with E-state index in [-0.39, 0.29) is 18.4 Å². The van der Waals surface area contributed by atoms with Crippen LogP contribution in [0.1, 0.15) is 52.0 Å². The molecule has 0 bridgehead atoms. The summed E-state index contributed by atoms with van der Waals surface area (Å²) in [7, 11) is 1.71. The van der Waals surface area contributed by atoms with Crippen LogP contribution in [0.3, 0.4) is 0 Å². The van der Waals surface area contributed by atoms with E-state index >= 15 is 0 Å². The van der Waals surface area contributed by atoms with E-state index in [1.807, 2.05) is 20.8 Å². The Morgan fingerprint density at radius 2 is 1.91 bits per heavy atom. The lowest BCUT2D eigenvalue weighted by Gasteiger charge is -2.35. The molecule has 1 heterocycles. The molecule has 7 heteroatoms. The molecule has 1 rings (SSSR count). The molecule has 1 aromatic heterocycles. The van der Waals surface area contributed by atoms with Crippen LogP contribution in [0.15, 0.2) is 12.3 Å². The molecule has 0 spiro atoms. The lowest BCUT2D eigenvalue weighted by Crippen LogP contribution is -2.57. The Kier molecular flexibility index (Phi) is 5.80. The van der Waals surface area contributed by atoms with Crippen LogP contribution in [0.25, 0.3) is 0 Å². The number of hydrogen-bond acceptors (Lipinski definition) is 4. The number of aromatic nitrogens is 2. The maximum Gasteiger partial charge on any atom is 0.407 e. The maximum absolute atomic E-state index is 12.4. The van der Waals surface area contributed by atoms with Gasteiger partial charge in [-0.3, -0.25) is 9.48 Å². The number of carbonyl (C=O) groups excluding carboxylic acids is 2. The average molecular weight is 324 g/mol. The smallest absolute Gasteiger partial charge is 0.407 e. The fourth-order valence-electron chi connectivity index (χ4n) is 1.88. The first-order valence-electron chi connectivity index (χ1n) is 7.72. The number of ether oxygens (including phenoxy) is 1. The van der Waals surface area contributed by atoms with E-state index in [0.717, 1.165) is 0 Å². The van der Waals surface area contributed by atoms with Gasteiger partial charge in [0.1, 0.15) is 11.3 Å². The summed E-state index contributed by atoms with van der Waals surface area (Å²) in [5.74, 6) is -0.123. The van der Waals surface area contributed by atoms with Crippen molar-refractivity contribution in [3.05, 3.63) is 18.0 Å². The molecule has 23 heavy (non-hydrogen) atoms. The van der Waals surface area contributed by atoms with Crippen LogP contribution in [-0.4, -0.2) is 39.5 Å². The van der Waals surface area contributed by atoms with Gasteiger partial charge in [0.25, 0.3) is 5.91 Å². The zero-order valence-electron chi connectivity index (χ0n) is 15.1. The zero-order chi connectivity index (χ0) is 17.8. The average Bonchev–Trinajstić information content (AvgIpc) is 2.80. The number of carbonyl (C=O) groups is 2. The molecule has 1 aromatic rings. The van der Waals surface area contributed by atoms with Crippen molar-refractivity contribution in [2.24, 2.45) is 13.0 Å². The second kappa shape index (κ2) is 7.02. The van der Waals surface area contributed by atoms with E-state index in [1.165, 1.54) is 4.68 Å². The summed E-state index contributed by atoms with van der Waals surface area (Å²) in [5.41, 5.74) is -0.705. The van der Waals surface area contributed by atoms with E-state index in [4.69, 9.17) is 4.74 Å². The molecule has 7 nitrogen and oxygen atoms in total. The first-order chi connectivity index (χ1) is 10.4. The van der Waals surface area contributed by atoms with Crippen molar-refractivity contribution in [3.63, 3.8) is 0 Å². The van der Waals surface area contributed by atoms with Crippen LogP contribution in [0.4, 0.5) is 4.79 Å². The molecule has 2 amide bonds. The molecular formula is C16H28N4O3. The quantitative estimate of drug-likeness (QED) is 0.868. The standard InChI is InChI=1S/C16H28N4O3/c1-11(2)16(6,10-17-14(22)23-15(3,4)5)19-13(21)12-8-9-18-20(12)7/h8-9,11H,10H2,1-7H3,(H,17,22)(H,19,21)/t16-/m1/s1. The number of rotatable bonds is 5. The van der Waals surface area contributed by atoms with Gasteiger partial charge in [0, 0.05) is 19.8 Å². The minimum atomic E-state index is -0.613. The molecule has 0 aliphatic carbocycles. The van der Waals surface area contributed by atoms with Gasteiger partial charge in [-0.05, 0) is 39.7 Å². The van der Waals surface area contributed by atoms with Crippen LogP contribution in [0, 0.1) is 5.92 Å². The van der Waals surface area contributed by atoms with Gasteiger partial charge in [-0.2, -0.15) is 5.10 Å². The third kappa shape index (κ3) is 5.58. The zero-order valence-corrected chi connectivity index (χ0v) is 15.1. The number of hydrogen-bond donors (Lipinski definition) is 2. The Morgan fingerprint density at radius 3 is 2.35 bits per heavy atom. The van der Waals surface area contributed by atoms with Crippen molar-refractivity contribution in [3.8, 4) is 0 Å². The van der Waals surface area contributed by atoms with Crippen molar-refractivity contribution in [2.75, 3.05) is 6.54 Å². The lowest BCUT2D eigenvalue weighted by molar-refractivity contribution is 0.0496. The summed E-state index contributed by atoms with van der Waals surface area (Å²) in [5, 5.41) is 9.71. The second-order valence-corrected chi connectivity index (χ2v) is 7.22.